The van der Waals surface area contributed by atoms with Gasteiger partial charge >= 0.3 is 5.69 Å². The van der Waals surface area contributed by atoms with Gasteiger partial charge in [-0.25, -0.2) is 9.89 Å². The molecule has 8 heteroatoms. The molecule has 0 bridgehead atoms. The van der Waals surface area contributed by atoms with Gasteiger partial charge in [0, 0.05) is 35.8 Å². The minimum absolute atomic E-state index is 0.0378. The Kier molecular flexibility index (Phi) is 5.83. The minimum atomic E-state index is 0.0378. The highest BCUT2D eigenvalue weighted by Crippen LogP contribution is 2.28. The molecule has 8 nitrogen and oxygen atoms in total. The van der Waals surface area contributed by atoms with Crippen molar-refractivity contribution in [3.63, 3.8) is 0 Å². The van der Waals surface area contributed by atoms with Gasteiger partial charge in [-0.2, -0.15) is 0 Å². The second kappa shape index (κ2) is 8.86. The number of hydrogen-bond donors (Lipinski definition) is 1. The highest BCUT2D eigenvalue weighted by atomic mass is 16.1. The Morgan fingerprint density at radius 1 is 1.07 bits per heavy atom. The lowest BCUT2D eigenvalue weighted by Gasteiger charge is -2.09. The summed E-state index contributed by atoms with van der Waals surface area (Å²) in [4.78, 5) is 17.4. The number of rotatable bonds is 8. The lowest BCUT2D eigenvalue weighted by molar-refractivity contribution is 0.646. The second-order valence-electron chi connectivity index (χ2n) is 7.23. The van der Waals surface area contributed by atoms with Crippen molar-refractivity contribution < 1.29 is 0 Å². The smallest absolute Gasteiger partial charge is 0.299 e. The number of aromatic nitrogens is 7. The maximum Gasteiger partial charge on any atom is 0.328 e. The summed E-state index contributed by atoms with van der Waals surface area (Å²) in [5.74, 6) is 0.601. The Hall–Kier alpha value is -3.55. The monoisotopic (exact) mass is 403 g/mol. The van der Waals surface area contributed by atoms with Gasteiger partial charge in [0.25, 0.3) is 0 Å². The largest absolute Gasteiger partial charge is 0.328 e. The Labute approximate surface area is 174 Å². The Balaban J connectivity index is 1.62. The topological polar surface area (TPSA) is 94.3 Å². The van der Waals surface area contributed by atoms with E-state index in [1.54, 1.807) is 4.57 Å². The molecule has 4 rings (SSSR count). The molecular weight excluding hydrogens is 378 g/mol. The predicted octanol–water partition coefficient (Wildman–Crippen LogP) is 3.30. The highest BCUT2D eigenvalue weighted by Gasteiger charge is 2.13. The molecule has 154 valence electrons. The summed E-state index contributed by atoms with van der Waals surface area (Å²) in [6.45, 7) is 5.35. The molecule has 1 aromatic carbocycles. The van der Waals surface area contributed by atoms with Crippen LogP contribution in [0.2, 0.25) is 0 Å². The van der Waals surface area contributed by atoms with Crippen molar-refractivity contribution in [1.82, 2.24) is 34.7 Å². The van der Waals surface area contributed by atoms with Crippen molar-refractivity contribution in [3.8, 4) is 22.6 Å². The molecule has 0 spiro atoms. The number of nitrogens with one attached hydrogen (secondary N) is 1. The van der Waals surface area contributed by atoms with Crippen molar-refractivity contribution in [3.05, 3.63) is 70.5 Å². The van der Waals surface area contributed by atoms with Crippen molar-refractivity contribution in [2.24, 2.45) is 0 Å². The first kappa shape index (κ1) is 19.8. The summed E-state index contributed by atoms with van der Waals surface area (Å²) in [5.41, 5.74) is 4.77. The van der Waals surface area contributed by atoms with Crippen LogP contribution < -0.4 is 5.69 Å². The van der Waals surface area contributed by atoms with Gasteiger partial charge in [-0.3, -0.25) is 14.1 Å². The molecule has 0 atom stereocenters. The van der Waals surface area contributed by atoms with Crippen LogP contribution in [0.25, 0.3) is 22.6 Å². The molecule has 0 saturated carbocycles. The standard InChI is InChI=1S/C22H25N7O/c1-3-5-8-17-15-28(4-2)22(30)29(17)14-16-11-12-20(23-13-16)18-9-6-7-10-19(18)21-24-26-27-25-21/h6-7,9-13,15H,3-5,8,14H2,1-2H3,(H,24,25,26,27). The quantitative estimate of drug-likeness (QED) is 0.487. The summed E-state index contributed by atoms with van der Waals surface area (Å²) < 4.78 is 3.64. The maximum atomic E-state index is 12.7. The van der Waals surface area contributed by atoms with Crippen LogP contribution in [0, 0.1) is 0 Å². The van der Waals surface area contributed by atoms with Gasteiger partial charge < -0.3 is 0 Å². The van der Waals surface area contributed by atoms with Crippen LogP contribution in [0.5, 0.6) is 0 Å². The zero-order chi connectivity index (χ0) is 20.9. The van der Waals surface area contributed by atoms with E-state index in [9.17, 15) is 4.79 Å². The molecule has 0 radical (unpaired) electrons. The highest BCUT2D eigenvalue weighted by molar-refractivity contribution is 5.78. The molecule has 0 aliphatic carbocycles. The van der Waals surface area contributed by atoms with E-state index in [0.29, 0.717) is 18.9 Å². The Morgan fingerprint density at radius 3 is 2.57 bits per heavy atom. The fraction of sp³-hybridized carbons (Fsp3) is 0.318. The number of imidazole rings is 1. The molecule has 0 saturated heterocycles. The van der Waals surface area contributed by atoms with Crippen LogP contribution >= 0.6 is 0 Å². The average Bonchev–Trinajstić information content (AvgIpc) is 3.42. The molecule has 4 aromatic rings. The number of pyridine rings is 1. The Bertz CT molecular complexity index is 1160. The number of hydrogen-bond acceptors (Lipinski definition) is 5. The maximum absolute atomic E-state index is 12.7. The number of H-pyrrole nitrogens is 1. The lowest BCUT2D eigenvalue weighted by atomic mass is 10.0. The molecule has 30 heavy (non-hydrogen) atoms. The van der Waals surface area contributed by atoms with E-state index in [2.05, 4.69) is 32.5 Å². The van der Waals surface area contributed by atoms with Gasteiger partial charge in [-0.05, 0) is 41.8 Å². The van der Waals surface area contributed by atoms with E-state index in [1.807, 2.05) is 60.3 Å². The summed E-state index contributed by atoms with van der Waals surface area (Å²) in [6, 6.07) is 11.9. The van der Waals surface area contributed by atoms with E-state index in [1.165, 1.54) is 0 Å². The lowest BCUT2D eigenvalue weighted by Crippen LogP contribution is -2.25. The van der Waals surface area contributed by atoms with Crippen molar-refractivity contribution >= 4 is 0 Å². The molecular formula is C22H25N7O. The van der Waals surface area contributed by atoms with Crippen LogP contribution in [-0.2, 0) is 19.5 Å². The van der Waals surface area contributed by atoms with Crippen molar-refractivity contribution in [2.45, 2.75) is 46.2 Å². The normalized spacial score (nSPS) is 11.1. The predicted molar refractivity (Wildman–Crippen MR) is 115 cm³/mol. The molecule has 0 aliphatic rings. The van der Waals surface area contributed by atoms with Gasteiger partial charge in [0.1, 0.15) is 0 Å². The number of unbranched alkanes of at least 4 members (excludes halogenated alkanes) is 1. The molecule has 3 heterocycles. The molecule has 3 aromatic heterocycles. The fourth-order valence-electron chi connectivity index (χ4n) is 3.58. The molecule has 0 amide bonds. The molecule has 0 aliphatic heterocycles. The van der Waals surface area contributed by atoms with Gasteiger partial charge in [-0.15, -0.1) is 5.10 Å². The van der Waals surface area contributed by atoms with Crippen LogP contribution in [0.3, 0.4) is 0 Å². The van der Waals surface area contributed by atoms with Crippen molar-refractivity contribution in [1.29, 1.82) is 0 Å². The first-order valence-electron chi connectivity index (χ1n) is 10.3. The Morgan fingerprint density at radius 2 is 1.90 bits per heavy atom. The first-order valence-corrected chi connectivity index (χ1v) is 10.3. The van der Waals surface area contributed by atoms with Crippen molar-refractivity contribution in [2.75, 3.05) is 0 Å². The summed E-state index contributed by atoms with van der Waals surface area (Å²) in [7, 11) is 0. The average molecular weight is 403 g/mol. The van der Waals surface area contributed by atoms with E-state index < -0.39 is 0 Å². The van der Waals surface area contributed by atoms with Gasteiger partial charge in [0.15, 0.2) is 5.82 Å². The summed E-state index contributed by atoms with van der Waals surface area (Å²) in [5, 5.41) is 14.2. The van der Waals surface area contributed by atoms with Crippen LogP contribution in [0.15, 0.2) is 53.6 Å². The summed E-state index contributed by atoms with van der Waals surface area (Å²) >= 11 is 0. The molecule has 1 N–H and O–H groups in total. The van der Waals surface area contributed by atoms with Gasteiger partial charge in [-0.1, -0.05) is 43.7 Å². The third-order valence-electron chi connectivity index (χ3n) is 5.22. The van der Waals surface area contributed by atoms with Crippen LogP contribution in [0.1, 0.15) is 37.9 Å². The third kappa shape index (κ3) is 3.94. The van der Waals surface area contributed by atoms with Crippen LogP contribution in [0.4, 0.5) is 0 Å². The first-order chi connectivity index (χ1) is 14.7. The zero-order valence-electron chi connectivity index (χ0n) is 17.2. The van der Waals surface area contributed by atoms with E-state index in [0.717, 1.165) is 47.3 Å². The second-order valence-corrected chi connectivity index (χ2v) is 7.23. The van der Waals surface area contributed by atoms with E-state index in [4.69, 9.17) is 0 Å². The number of aromatic amines is 1. The van der Waals surface area contributed by atoms with Gasteiger partial charge in [0.05, 0.1) is 12.2 Å². The third-order valence-corrected chi connectivity index (χ3v) is 5.22. The number of aryl methyl sites for hydroxylation is 2. The number of nitrogens with zero attached hydrogens (tertiary/aromatic N) is 6. The number of tetrazole rings is 1. The van der Waals surface area contributed by atoms with Crippen LogP contribution in [-0.4, -0.2) is 34.7 Å². The van der Waals surface area contributed by atoms with E-state index >= 15 is 0 Å². The summed E-state index contributed by atoms with van der Waals surface area (Å²) in [6.07, 6.45) is 6.90. The fourth-order valence-corrected chi connectivity index (χ4v) is 3.58. The molecule has 0 unspecified atom stereocenters. The van der Waals surface area contributed by atoms with Gasteiger partial charge in [0.2, 0.25) is 0 Å². The SMILES string of the molecule is CCCCc1cn(CC)c(=O)n1Cc1ccc(-c2ccccc2-c2nnn[nH]2)nc1. The van der Waals surface area contributed by atoms with E-state index in [-0.39, 0.29) is 5.69 Å². The number of benzene rings is 1. The molecule has 0 fully saturated rings. The zero-order valence-corrected chi connectivity index (χ0v) is 17.2. The minimum Gasteiger partial charge on any atom is -0.299 e.